The van der Waals surface area contributed by atoms with E-state index in [1.54, 1.807) is 11.9 Å². The van der Waals surface area contributed by atoms with Crippen molar-refractivity contribution in [1.82, 2.24) is 19.9 Å². The Morgan fingerprint density at radius 2 is 1.86 bits per heavy atom. The molecule has 2 rings (SSSR count). The lowest BCUT2D eigenvalue weighted by Crippen LogP contribution is -2.41. The van der Waals surface area contributed by atoms with Crippen molar-refractivity contribution in [2.75, 3.05) is 13.1 Å². The third-order valence-electron chi connectivity index (χ3n) is 3.59. The highest BCUT2D eigenvalue weighted by Crippen LogP contribution is 2.29. The number of ether oxygens (including phenoxy) is 1. The van der Waals surface area contributed by atoms with Crippen LogP contribution in [0, 0.1) is 0 Å². The number of aromatic nitrogens is 3. The van der Waals surface area contributed by atoms with Crippen LogP contribution < -0.4 is 0 Å². The van der Waals surface area contributed by atoms with Gasteiger partial charge >= 0.3 is 12.1 Å². The maximum Gasteiger partial charge on any atom is 0.410 e. The molecule has 1 aromatic heterocycles. The van der Waals surface area contributed by atoms with Crippen LogP contribution >= 0.6 is 0 Å². The summed E-state index contributed by atoms with van der Waals surface area (Å²) in [7, 11) is 1.57. The van der Waals surface area contributed by atoms with Crippen molar-refractivity contribution in [3.05, 3.63) is 11.4 Å². The van der Waals surface area contributed by atoms with E-state index in [9.17, 15) is 14.7 Å². The summed E-state index contributed by atoms with van der Waals surface area (Å²) >= 11 is 0. The average molecular weight is 310 g/mol. The molecule has 0 atom stereocenters. The van der Waals surface area contributed by atoms with Gasteiger partial charge in [-0.3, -0.25) is 0 Å². The Hall–Kier alpha value is -2.12. The topological polar surface area (TPSA) is 97.5 Å². The first-order valence-electron chi connectivity index (χ1n) is 7.30. The summed E-state index contributed by atoms with van der Waals surface area (Å²) in [6.45, 7) is 6.54. The van der Waals surface area contributed by atoms with Crippen molar-refractivity contribution < 1.29 is 19.4 Å². The number of rotatable bonds is 2. The lowest BCUT2D eigenvalue weighted by molar-refractivity contribution is 0.0203. The molecule has 0 spiro atoms. The lowest BCUT2D eigenvalue weighted by Gasteiger charge is -2.32. The van der Waals surface area contributed by atoms with Gasteiger partial charge in [-0.05, 0) is 33.6 Å². The van der Waals surface area contributed by atoms with Gasteiger partial charge in [-0.25, -0.2) is 14.3 Å². The Morgan fingerprint density at radius 3 is 2.36 bits per heavy atom. The van der Waals surface area contributed by atoms with Gasteiger partial charge in [0.15, 0.2) is 5.69 Å². The number of hydrogen-bond acceptors (Lipinski definition) is 5. The Kier molecular flexibility index (Phi) is 4.39. The van der Waals surface area contributed by atoms with Crippen molar-refractivity contribution in [3.8, 4) is 0 Å². The fourth-order valence-electron chi connectivity index (χ4n) is 2.56. The molecule has 0 unspecified atom stereocenters. The molecule has 0 bridgehead atoms. The SMILES string of the molecule is Cn1nnc(C2CCN(C(=O)OC(C)(C)C)CC2)c1C(=O)O. The number of hydrogen-bond donors (Lipinski definition) is 1. The summed E-state index contributed by atoms with van der Waals surface area (Å²) in [6, 6.07) is 0. The van der Waals surface area contributed by atoms with Crippen LogP contribution in [0.15, 0.2) is 0 Å². The molecule has 0 aliphatic carbocycles. The van der Waals surface area contributed by atoms with Gasteiger partial charge in [0, 0.05) is 26.1 Å². The number of carbonyl (C=O) groups excluding carboxylic acids is 1. The smallest absolute Gasteiger partial charge is 0.410 e. The molecular weight excluding hydrogens is 288 g/mol. The zero-order valence-electron chi connectivity index (χ0n) is 13.4. The molecule has 122 valence electrons. The van der Waals surface area contributed by atoms with Crippen LogP contribution in [0.4, 0.5) is 4.79 Å². The van der Waals surface area contributed by atoms with Gasteiger partial charge in [-0.2, -0.15) is 0 Å². The summed E-state index contributed by atoms with van der Waals surface area (Å²) in [4.78, 5) is 25.0. The molecule has 8 heteroatoms. The molecule has 8 nitrogen and oxygen atoms in total. The molecule has 1 fully saturated rings. The monoisotopic (exact) mass is 310 g/mol. The second-order valence-corrected chi connectivity index (χ2v) is 6.49. The van der Waals surface area contributed by atoms with Gasteiger partial charge in [0.2, 0.25) is 0 Å². The highest BCUT2D eigenvalue weighted by Gasteiger charge is 2.31. The number of piperidine rings is 1. The van der Waals surface area contributed by atoms with Crippen molar-refractivity contribution in [3.63, 3.8) is 0 Å². The number of carboxylic acids is 1. The maximum atomic E-state index is 12.0. The standard InChI is InChI=1S/C14H22N4O4/c1-14(2,3)22-13(21)18-7-5-9(6-8-18)10-11(12(19)20)17(4)16-15-10/h9H,5-8H2,1-4H3,(H,19,20). The molecule has 0 radical (unpaired) electrons. The normalized spacial score (nSPS) is 16.6. The number of aryl methyl sites for hydroxylation is 1. The Morgan fingerprint density at radius 1 is 1.27 bits per heavy atom. The summed E-state index contributed by atoms with van der Waals surface area (Å²) in [5, 5.41) is 17.0. The number of likely N-dealkylation sites (tertiary alicyclic amines) is 1. The molecule has 22 heavy (non-hydrogen) atoms. The third-order valence-corrected chi connectivity index (χ3v) is 3.59. The van der Waals surface area contributed by atoms with Crippen LogP contribution in [0.1, 0.15) is 55.7 Å². The van der Waals surface area contributed by atoms with Crippen LogP contribution in [-0.2, 0) is 11.8 Å². The van der Waals surface area contributed by atoms with Gasteiger partial charge in [0.05, 0.1) is 0 Å². The molecule has 2 heterocycles. The van der Waals surface area contributed by atoms with Crippen LogP contribution in [0.5, 0.6) is 0 Å². The molecule has 1 N–H and O–H groups in total. The van der Waals surface area contributed by atoms with Crippen molar-refractivity contribution >= 4 is 12.1 Å². The van der Waals surface area contributed by atoms with Crippen molar-refractivity contribution in [1.29, 1.82) is 0 Å². The van der Waals surface area contributed by atoms with Crippen LogP contribution in [0.3, 0.4) is 0 Å². The van der Waals surface area contributed by atoms with E-state index in [4.69, 9.17) is 4.74 Å². The third kappa shape index (κ3) is 3.55. The zero-order valence-corrected chi connectivity index (χ0v) is 13.4. The molecule has 0 aromatic carbocycles. The number of amides is 1. The first kappa shape index (κ1) is 16.3. The zero-order chi connectivity index (χ0) is 16.5. The highest BCUT2D eigenvalue weighted by molar-refractivity contribution is 5.87. The van der Waals surface area contributed by atoms with E-state index in [0.29, 0.717) is 31.6 Å². The molecule has 1 amide bonds. The molecule has 0 saturated carbocycles. The number of aromatic carboxylic acids is 1. The summed E-state index contributed by atoms with van der Waals surface area (Å²) in [5.74, 6) is -1.03. The van der Waals surface area contributed by atoms with Gasteiger partial charge in [-0.15, -0.1) is 5.10 Å². The first-order chi connectivity index (χ1) is 10.2. The fraction of sp³-hybridized carbons (Fsp3) is 0.714. The Balaban J connectivity index is 2.01. The molecule has 1 saturated heterocycles. The van der Waals surface area contributed by atoms with Gasteiger partial charge in [0.1, 0.15) is 11.3 Å². The molecular formula is C14H22N4O4. The van der Waals surface area contributed by atoms with E-state index in [2.05, 4.69) is 10.3 Å². The van der Waals surface area contributed by atoms with E-state index < -0.39 is 11.6 Å². The largest absolute Gasteiger partial charge is 0.476 e. The minimum atomic E-state index is -1.03. The number of carbonyl (C=O) groups is 2. The van der Waals surface area contributed by atoms with Gasteiger partial charge in [-0.1, -0.05) is 5.21 Å². The molecule has 1 aromatic rings. The predicted molar refractivity (Wildman–Crippen MR) is 77.7 cm³/mol. The van der Waals surface area contributed by atoms with E-state index in [1.165, 1.54) is 4.68 Å². The molecule has 1 aliphatic rings. The molecule has 1 aliphatic heterocycles. The minimum absolute atomic E-state index is 0.00140. The minimum Gasteiger partial charge on any atom is -0.476 e. The average Bonchev–Trinajstić information content (AvgIpc) is 2.79. The van der Waals surface area contributed by atoms with Gasteiger partial charge < -0.3 is 14.7 Å². The first-order valence-corrected chi connectivity index (χ1v) is 7.30. The second kappa shape index (κ2) is 5.94. The van der Waals surface area contributed by atoms with E-state index >= 15 is 0 Å². The summed E-state index contributed by atoms with van der Waals surface area (Å²) < 4.78 is 6.62. The Bertz CT molecular complexity index is 568. The van der Waals surface area contributed by atoms with Crippen molar-refractivity contribution in [2.24, 2.45) is 7.05 Å². The predicted octanol–water partition coefficient (Wildman–Crippen LogP) is 1.63. The van der Waals surface area contributed by atoms with E-state index in [0.717, 1.165) is 0 Å². The number of nitrogens with zero attached hydrogens (tertiary/aromatic N) is 4. The second-order valence-electron chi connectivity index (χ2n) is 6.49. The van der Waals surface area contributed by atoms with Crippen LogP contribution in [0.2, 0.25) is 0 Å². The van der Waals surface area contributed by atoms with E-state index in [1.807, 2.05) is 20.8 Å². The lowest BCUT2D eigenvalue weighted by atomic mass is 9.92. The summed E-state index contributed by atoms with van der Waals surface area (Å²) in [6.07, 6.45) is 0.972. The van der Waals surface area contributed by atoms with E-state index in [-0.39, 0.29) is 17.7 Å². The van der Waals surface area contributed by atoms with Gasteiger partial charge in [0.25, 0.3) is 0 Å². The maximum absolute atomic E-state index is 12.0. The Labute approximate surface area is 129 Å². The fourth-order valence-corrected chi connectivity index (χ4v) is 2.56. The van der Waals surface area contributed by atoms with Crippen LogP contribution in [0.25, 0.3) is 0 Å². The summed E-state index contributed by atoms with van der Waals surface area (Å²) in [5.41, 5.74) is 0.101. The highest BCUT2D eigenvalue weighted by atomic mass is 16.6. The van der Waals surface area contributed by atoms with Crippen LogP contribution in [-0.4, -0.2) is 55.8 Å². The quantitative estimate of drug-likeness (QED) is 0.891. The van der Waals surface area contributed by atoms with Crippen molar-refractivity contribution in [2.45, 2.75) is 45.1 Å². The number of carboxylic acid groups (broad SMARTS) is 1.